The minimum absolute atomic E-state index is 0.315. The third-order valence-corrected chi connectivity index (χ3v) is 3.73. The molecule has 0 radical (unpaired) electrons. The average Bonchev–Trinajstić information content (AvgIpc) is 2.71. The van der Waals surface area contributed by atoms with Crippen LogP contribution in [0.3, 0.4) is 0 Å². The van der Waals surface area contributed by atoms with Gasteiger partial charge in [0.1, 0.15) is 0 Å². The van der Waals surface area contributed by atoms with E-state index in [9.17, 15) is 4.79 Å². The first kappa shape index (κ1) is 13.1. The summed E-state index contributed by atoms with van der Waals surface area (Å²) in [4.78, 5) is 14.1. The molecule has 2 heteroatoms. The van der Waals surface area contributed by atoms with Crippen molar-refractivity contribution < 1.29 is 4.79 Å². The molecule has 1 aromatic rings. The van der Waals surface area contributed by atoms with Gasteiger partial charge < -0.3 is 4.90 Å². The smallest absolute Gasteiger partial charge is 0.222 e. The minimum atomic E-state index is 0.315. The van der Waals surface area contributed by atoms with Gasteiger partial charge in [-0.15, -0.1) is 0 Å². The largest absolute Gasteiger partial charge is 0.342 e. The highest BCUT2D eigenvalue weighted by Crippen LogP contribution is 2.29. The number of aryl methyl sites for hydroxylation is 1. The van der Waals surface area contributed by atoms with Gasteiger partial charge in [-0.25, -0.2) is 0 Å². The number of carbonyl (C=O) groups excluding carboxylic acids is 1. The topological polar surface area (TPSA) is 20.3 Å². The number of hydrogen-bond acceptors (Lipinski definition) is 1. The van der Waals surface area contributed by atoms with E-state index in [0.717, 1.165) is 32.4 Å². The summed E-state index contributed by atoms with van der Waals surface area (Å²) in [5.74, 6) is 0.330. The Morgan fingerprint density at radius 2 is 2.00 bits per heavy atom. The molecule has 0 atom stereocenters. The first-order chi connectivity index (χ1) is 8.57. The van der Waals surface area contributed by atoms with Crippen molar-refractivity contribution in [1.82, 2.24) is 4.90 Å². The summed E-state index contributed by atoms with van der Waals surface area (Å²) in [5, 5.41) is 0. The molecule has 1 amide bonds. The Morgan fingerprint density at radius 1 is 1.28 bits per heavy atom. The highest BCUT2D eigenvalue weighted by Gasteiger charge is 2.31. The molecule has 98 valence electrons. The zero-order chi connectivity index (χ0) is 13.0. The van der Waals surface area contributed by atoms with Crippen molar-refractivity contribution in [3.8, 4) is 0 Å². The van der Waals surface area contributed by atoms with Gasteiger partial charge in [0.05, 0.1) is 0 Å². The molecule has 18 heavy (non-hydrogen) atoms. The molecule has 0 aromatic heterocycles. The van der Waals surface area contributed by atoms with E-state index in [1.807, 2.05) is 11.0 Å². The van der Waals surface area contributed by atoms with E-state index in [1.165, 1.54) is 5.56 Å². The Kier molecular flexibility index (Phi) is 4.05. The van der Waals surface area contributed by atoms with Crippen molar-refractivity contribution in [1.29, 1.82) is 0 Å². The molecule has 0 unspecified atom stereocenters. The Labute approximate surface area is 110 Å². The van der Waals surface area contributed by atoms with E-state index in [0.29, 0.717) is 17.7 Å². The van der Waals surface area contributed by atoms with E-state index in [1.54, 1.807) is 0 Å². The predicted octanol–water partition coefficient (Wildman–Crippen LogP) is 3.27. The van der Waals surface area contributed by atoms with Gasteiger partial charge in [0.2, 0.25) is 5.91 Å². The van der Waals surface area contributed by atoms with Gasteiger partial charge in [-0.3, -0.25) is 4.79 Å². The summed E-state index contributed by atoms with van der Waals surface area (Å²) < 4.78 is 0. The number of amides is 1. The molecule has 1 heterocycles. The number of nitrogens with zero attached hydrogens (tertiary/aromatic N) is 1. The third kappa shape index (κ3) is 3.59. The summed E-state index contributed by atoms with van der Waals surface area (Å²) in [5.41, 5.74) is 1.64. The van der Waals surface area contributed by atoms with Crippen LogP contribution >= 0.6 is 0 Å². The Hall–Kier alpha value is -1.31. The monoisotopic (exact) mass is 245 g/mol. The summed E-state index contributed by atoms with van der Waals surface area (Å²) in [6.45, 7) is 6.35. The van der Waals surface area contributed by atoms with Crippen LogP contribution in [0.25, 0.3) is 0 Å². The normalized spacial score (nSPS) is 18.0. The molecule has 0 aliphatic carbocycles. The highest BCUT2D eigenvalue weighted by molar-refractivity contribution is 5.76. The van der Waals surface area contributed by atoms with Gasteiger partial charge >= 0.3 is 0 Å². The molecule has 1 fully saturated rings. The highest BCUT2D eigenvalue weighted by atomic mass is 16.2. The lowest BCUT2D eigenvalue weighted by molar-refractivity contribution is -0.130. The standard InChI is InChI=1S/C16H23NO/c1-16(2)11-12-17(13-16)15(18)10-6-9-14-7-4-3-5-8-14/h3-5,7-8H,6,9-13H2,1-2H3. The van der Waals surface area contributed by atoms with Gasteiger partial charge in [0.25, 0.3) is 0 Å². The second kappa shape index (κ2) is 5.55. The molecule has 2 nitrogen and oxygen atoms in total. The van der Waals surface area contributed by atoms with Gasteiger partial charge in [-0.1, -0.05) is 44.2 Å². The van der Waals surface area contributed by atoms with Crippen LogP contribution in [-0.4, -0.2) is 23.9 Å². The zero-order valence-corrected chi connectivity index (χ0v) is 11.5. The predicted molar refractivity (Wildman–Crippen MR) is 74.4 cm³/mol. The summed E-state index contributed by atoms with van der Waals surface area (Å²) in [6, 6.07) is 10.4. The number of hydrogen-bond donors (Lipinski definition) is 0. The van der Waals surface area contributed by atoms with E-state index in [-0.39, 0.29) is 0 Å². The Bertz CT molecular complexity index is 397. The zero-order valence-electron chi connectivity index (χ0n) is 11.5. The fraction of sp³-hybridized carbons (Fsp3) is 0.562. The van der Waals surface area contributed by atoms with Gasteiger partial charge in [0.15, 0.2) is 0 Å². The van der Waals surface area contributed by atoms with Crippen LogP contribution < -0.4 is 0 Å². The van der Waals surface area contributed by atoms with Crippen LogP contribution in [-0.2, 0) is 11.2 Å². The molecule has 0 saturated carbocycles. The molecule has 0 N–H and O–H groups in total. The number of likely N-dealkylation sites (tertiary alicyclic amines) is 1. The quantitative estimate of drug-likeness (QED) is 0.797. The lowest BCUT2D eigenvalue weighted by atomic mass is 9.93. The molecule has 1 saturated heterocycles. The lowest BCUT2D eigenvalue weighted by Crippen LogP contribution is -2.30. The molecule has 0 bridgehead atoms. The van der Waals surface area contributed by atoms with Crippen molar-refractivity contribution in [2.75, 3.05) is 13.1 Å². The summed E-state index contributed by atoms with van der Waals surface area (Å²) in [6.07, 6.45) is 3.78. The van der Waals surface area contributed by atoms with Crippen LogP contribution in [0.2, 0.25) is 0 Å². The Balaban J connectivity index is 1.73. The number of carbonyl (C=O) groups is 1. The van der Waals surface area contributed by atoms with Crippen LogP contribution in [0.1, 0.15) is 38.7 Å². The molecule has 2 rings (SSSR count). The summed E-state index contributed by atoms with van der Waals surface area (Å²) >= 11 is 0. The molecular formula is C16H23NO. The van der Waals surface area contributed by atoms with Crippen molar-refractivity contribution in [3.05, 3.63) is 35.9 Å². The molecule has 1 aromatic carbocycles. The molecule has 1 aliphatic rings. The maximum Gasteiger partial charge on any atom is 0.222 e. The van der Waals surface area contributed by atoms with Gasteiger partial charge in [-0.2, -0.15) is 0 Å². The maximum atomic E-state index is 12.0. The third-order valence-electron chi connectivity index (χ3n) is 3.73. The van der Waals surface area contributed by atoms with Gasteiger partial charge in [-0.05, 0) is 30.2 Å². The second-order valence-electron chi connectivity index (χ2n) is 6.07. The van der Waals surface area contributed by atoms with Gasteiger partial charge in [0, 0.05) is 19.5 Å². The van der Waals surface area contributed by atoms with Crippen LogP contribution in [0.15, 0.2) is 30.3 Å². The van der Waals surface area contributed by atoms with Crippen molar-refractivity contribution >= 4 is 5.91 Å². The average molecular weight is 245 g/mol. The van der Waals surface area contributed by atoms with E-state index >= 15 is 0 Å². The molecular weight excluding hydrogens is 222 g/mol. The number of rotatable bonds is 4. The minimum Gasteiger partial charge on any atom is -0.342 e. The fourth-order valence-corrected chi connectivity index (χ4v) is 2.57. The van der Waals surface area contributed by atoms with E-state index < -0.39 is 0 Å². The molecule has 0 spiro atoms. The first-order valence-electron chi connectivity index (χ1n) is 6.89. The van der Waals surface area contributed by atoms with E-state index in [2.05, 4.69) is 38.1 Å². The van der Waals surface area contributed by atoms with Crippen molar-refractivity contribution in [2.24, 2.45) is 5.41 Å². The van der Waals surface area contributed by atoms with Crippen LogP contribution in [0, 0.1) is 5.41 Å². The molecule has 1 aliphatic heterocycles. The maximum absolute atomic E-state index is 12.0. The number of benzene rings is 1. The lowest BCUT2D eigenvalue weighted by Gasteiger charge is -2.19. The first-order valence-corrected chi connectivity index (χ1v) is 6.89. The van der Waals surface area contributed by atoms with Crippen molar-refractivity contribution in [3.63, 3.8) is 0 Å². The van der Waals surface area contributed by atoms with Crippen LogP contribution in [0.4, 0.5) is 0 Å². The summed E-state index contributed by atoms with van der Waals surface area (Å²) in [7, 11) is 0. The Morgan fingerprint density at radius 3 is 2.61 bits per heavy atom. The van der Waals surface area contributed by atoms with Crippen LogP contribution in [0.5, 0.6) is 0 Å². The van der Waals surface area contributed by atoms with E-state index in [4.69, 9.17) is 0 Å². The second-order valence-corrected chi connectivity index (χ2v) is 6.07. The van der Waals surface area contributed by atoms with Crippen molar-refractivity contribution in [2.45, 2.75) is 39.5 Å². The fourth-order valence-electron chi connectivity index (χ4n) is 2.57. The SMILES string of the molecule is CC1(C)CCN(C(=O)CCCc2ccccc2)C1.